The lowest BCUT2D eigenvalue weighted by molar-refractivity contribution is 0.330. The van der Waals surface area contributed by atoms with E-state index < -0.39 is 17.0 Å². The van der Waals surface area contributed by atoms with Crippen LogP contribution in [0.15, 0.2) is 12.1 Å². The van der Waals surface area contributed by atoms with E-state index in [-0.39, 0.29) is 23.7 Å². The van der Waals surface area contributed by atoms with E-state index in [9.17, 15) is 8.78 Å². The molecule has 1 aromatic carbocycles. The number of halogens is 2. The van der Waals surface area contributed by atoms with Crippen LogP contribution in [0.25, 0.3) is 0 Å². The molecule has 0 heterocycles. The van der Waals surface area contributed by atoms with Gasteiger partial charge in [-0.05, 0) is 18.1 Å². The van der Waals surface area contributed by atoms with E-state index in [4.69, 9.17) is 11.5 Å². The molecule has 0 saturated carbocycles. The number of hydrogen-bond donors (Lipinski definition) is 2. The van der Waals surface area contributed by atoms with Gasteiger partial charge in [-0.3, -0.25) is 0 Å². The molecule has 1 atom stereocenters. The van der Waals surface area contributed by atoms with Gasteiger partial charge >= 0.3 is 0 Å². The first-order valence-electron chi connectivity index (χ1n) is 5.28. The van der Waals surface area contributed by atoms with Crippen molar-refractivity contribution in [2.45, 2.75) is 26.2 Å². The Morgan fingerprint density at radius 2 is 1.88 bits per heavy atom. The van der Waals surface area contributed by atoms with Gasteiger partial charge in [-0.25, -0.2) is 8.78 Å². The maximum Gasteiger partial charge on any atom is 0.164 e. The molecule has 1 rings (SSSR count). The summed E-state index contributed by atoms with van der Waals surface area (Å²) in [5.74, 6) is -1.71. The Bertz CT molecular complexity index is 391. The van der Waals surface area contributed by atoms with Gasteiger partial charge in [-0.2, -0.15) is 0 Å². The third-order valence-electron chi connectivity index (χ3n) is 3.40. The van der Waals surface area contributed by atoms with Crippen LogP contribution in [-0.2, 0) is 5.41 Å². The number of benzene rings is 1. The fourth-order valence-electron chi connectivity index (χ4n) is 1.77. The summed E-state index contributed by atoms with van der Waals surface area (Å²) in [6, 6.07) is 2.41. The van der Waals surface area contributed by atoms with E-state index in [1.807, 2.05) is 13.8 Å². The smallest absolute Gasteiger partial charge is 0.164 e. The van der Waals surface area contributed by atoms with Gasteiger partial charge in [0.15, 0.2) is 11.6 Å². The summed E-state index contributed by atoms with van der Waals surface area (Å²) in [6.45, 7) is 5.84. The number of nitrogens with two attached hydrogens (primary N) is 2. The molecule has 0 bridgehead atoms. The molecule has 0 spiro atoms. The van der Waals surface area contributed by atoms with Gasteiger partial charge in [0.1, 0.15) is 0 Å². The van der Waals surface area contributed by atoms with E-state index in [0.717, 1.165) is 6.07 Å². The summed E-state index contributed by atoms with van der Waals surface area (Å²) in [5.41, 5.74) is 11.2. The van der Waals surface area contributed by atoms with Crippen LogP contribution in [0.5, 0.6) is 0 Å². The molecule has 1 aromatic rings. The predicted octanol–water partition coefficient (Wildman–Crippen LogP) is 2.42. The van der Waals surface area contributed by atoms with E-state index in [1.54, 1.807) is 6.92 Å². The molecule has 0 aromatic heterocycles. The summed E-state index contributed by atoms with van der Waals surface area (Å²) in [4.78, 5) is 0. The van der Waals surface area contributed by atoms with Crippen molar-refractivity contribution in [3.8, 4) is 0 Å². The van der Waals surface area contributed by atoms with Crippen LogP contribution in [0.1, 0.15) is 26.3 Å². The summed E-state index contributed by atoms with van der Waals surface area (Å²) >= 11 is 0. The maximum absolute atomic E-state index is 13.8. The quantitative estimate of drug-likeness (QED) is 0.781. The van der Waals surface area contributed by atoms with E-state index in [0.29, 0.717) is 0 Å². The highest BCUT2D eigenvalue weighted by Gasteiger charge is 2.34. The Kier molecular flexibility index (Phi) is 3.53. The molecule has 0 saturated heterocycles. The lowest BCUT2D eigenvalue weighted by Gasteiger charge is -2.34. The molecule has 0 aliphatic heterocycles. The lowest BCUT2D eigenvalue weighted by atomic mass is 9.72. The Hall–Kier alpha value is -1.16. The van der Waals surface area contributed by atoms with Crippen LogP contribution in [0.2, 0.25) is 0 Å². The fraction of sp³-hybridized carbons (Fsp3) is 0.500. The second-order valence-electron chi connectivity index (χ2n) is 4.60. The zero-order valence-electron chi connectivity index (χ0n) is 9.85. The molecule has 0 aliphatic carbocycles. The summed E-state index contributed by atoms with van der Waals surface area (Å²) in [7, 11) is 0. The van der Waals surface area contributed by atoms with Gasteiger partial charge in [-0.1, -0.05) is 20.8 Å². The third kappa shape index (κ3) is 1.89. The van der Waals surface area contributed by atoms with Crippen LogP contribution < -0.4 is 11.5 Å². The Morgan fingerprint density at radius 1 is 1.31 bits per heavy atom. The predicted molar refractivity (Wildman–Crippen MR) is 62.0 cm³/mol. The van der Waals surface area contributed by atoms with Crippen molar-refractivity contribution in [2.75, 3.05) is 12.3 Å². The van der Waals surface area contributed by atoms with Crippen molar-refractivity contribution in [3.63, 3.8) is 0 Å². The molecule has 0 aliphatic rings. The van der Waals surface area contributed by atoms with Gasteiger partial charge in [0, 0.05) is 23.2 Å². The zero-order chi connectivity index (χ0) is 12.5. The molecule has 2 nitrogen and oxygen atoms in total. The monoisotopic (exact) mass is 228 g/mol. The van der Waals surface area contributed by atoms with Gasteiger partial charge in [0.05, 0.1) is 0 Å². The second kappa shape index (κ2) is 4.37. The lowest BCUT2D eigenvalue weighted by Crippen LogP contribution is -2.38. The Balaban J connectivity index is 3.47. The highest BCUT2D eigenvalue weighted by atomic mass is 19.2. The number of nitrogen functional groups attached to an aromatic ring is 1. The fourth-order valence-corrected chi connectivity index (χ4v) is 1.77. The standard InChI is InChI=1S/C12H18F2N2/c1-7(2)12(3,6-15)10-9(16)5-4-8(13)11(10)14/h4-5,7H,6,15-16H2,1-3H3. The van der Waals surface area contributed by atoms with Crippen molar-refractivity contribution >= 4 is 5.69 Å². The minimum atomic E-state index is -0.887. The Labute approximate surface area is 94.6 Å². The van der Waals surface area contributed by atoms with Gasteiger partial charge in [0.25, 0.3) is 0 Å². The van der Waals surface area contributed by atoms with Crippen molar-refractivity contribution in [3.05, 3.63) is 29.3 Å². The summed E-state index contributed by atoms with van der Waals surface area (Å²) in [5, 5.41) is 0. The van der Waals surface area contributed by atoms with E-state index >= 15 is 0 Å². The molecule has 0 radical (unpaired) electrons. The molecular weight excluding hydrogens is 210 g/mol. The highest BCUT2D eigenvalue weighted by Crippen LogP contribution is 2.37. The van der Waals surface area contributed by atoms with Crippen LogP contribution in [0.3, 0.4) is 0 Å². The maximum atomic E-state index is 13.8. The highest BCUT2D eigenvalue weighted by molar-refractivity contribution is 5.52. The molecule has 4 N–H and O–H groups in total. The first-order chi connectivity index (χ1) is 7.34. The van der Waals surface area contributed by atoms with Crippen LogP contribution >= 0.6 is 0 Å². The molecule has 16 heavy (non-hydrogen) atoms. The molecule has 90 valence electrons. The molecule has 0 fully saturated rings. The van der Waals surface area contributed by atoms with Gasteiger partial charge in [-0.15, -0.1) is 0 Å². The minimum Gasteiger partial charge on any atom is -0.398 e. The van der Waals surface area contributed by atoms with Gasteiger partial charge in [0.2, 0.25) is 0 Å². The second-order valence-corrected chi connectivity index (χ2v) is 4.60. The topological polar surface area (TPSA) is 52.0 Å². The van der Waals surface area contributed by atoms with E-state index in [1.165, 1.54) is 6.07 Å². The SMILES string of the molecule is CC(C)C(C)(CN)c1c(N)ccc(F)c1F. The normalized spacial score (nSPS) is 15.2. The average Bonchev–Trinajstić information content (AvgIpc) is 2.23. The molecule has 1 unspecified atom stereocenters. The van der Waals surface area contributed by atoms with Gasteiger partial charge < -0.3 is 11.5 Å². The largest absolute Gasteiger partial charge is 0.398 e. The van der Waals surface area contributed by atoms with Crippen LogP contribution in [0.4, 0.5) is 14.5 Å². The van der Waals surface area contributed by atoms with Crippen molar-refractivity contribution in [1.82, 2.24) is 0 Å². The molecular formula is C12H18F2N2. The van der Waals surface area contributed by atoms with Crippen molar-refractivity contribution in [1.29, 1.82) is 0 Å². The third-order valence-corrected chi connectivity index (χ3v) is 3.40. The number of rotatable bonds is 3. The minimum absolute atomic E-state index is 0.0658. The average molecular weight is 228 g/mol. The van der Waals surface area contributed by atoms with Crippen molar-refractivity contribution < 1.29 is 8.78 Å². The van der Waals surface area contributed by atoms with Crippen LogP contribution in [-0.4, -0.2) is 6.54 Å². The zero-order valence-corrected chi connectivity index (χ0v) is 9.85. The first kappa shape index (κ1) is 12.9. The molecule has 4 heteroatoms. The van der Waals surface area contributed by atoms with Crippen molar-refractivity contribution in [2.24, 2.45) is 11.7 Å². The number of anilines is 1. The summed E-state index contributed by atoms with van der Waals surface area (Å²) in [6.07, 6.45) is 0. The van der Waals surface area contributed by atoms with E-state index in [2.05, 4.69) is 0 Å². The molecule has 0 amide bonds. The Morgan fingerprint density at radius 3 is 2.31 bits per heavy atom. The first-order valence-corrected chi connectivity index (χ1v) is 5.28. The number of hydrogen-bond acceptors (Lipinski definition) is 2. The summed E-state index contributed by atoms with van der Waals surface area (Å²) < 4.78 is 27.0. The van der Waals surface area contributed by atoms with Crippen LogP contribution in [0, 0.1) is 17.6 Å².